The summed E-state index contributed by atoms with van der Waals surface area (Å²) >= 11 is 1.59. The van der Waals surface area contributed by atoms with Crippen LogP contribution in [-0.4, -0.2) is 70.0 Å². The molecular formula is C34H33N3O4S. The monoisotopic (exact) mass is 579 g/mol. The van der Waals surface area contributed by atoms with E-state index in [9.17, 15) is 19.5 Å². The van der Waals surface area contributed by atoms with Gasteiger partial charge in [0, 0.05) is 42.9 Å². The van der Waals surface area contributed by atoms with Crippen LogP contribution in [0.2, 0.25) is 0 Å². The van der Waals surface area contributed by atoms with Crippen LogP contribution in [0.4, 0.5) is 11.4 Å². The average molecular weight is 580 g/mol. The van der Waals surface area contributed by atoms with E-state index >= 15 is 0 Å². The van der Waals surface area contributed by atoms with Gasteiger partial charge in [-0.2, -0.15) is 0 Å². The van der Waals surface area contributed by atoms with Crippen LogP contribution in [0.1, 0.15) is 12.8 Å². The third-order valence-corrected chi connectivity index (χ3v) is 10.8. The molecule has 7 nitrogen and oxygen atoms in total. The van der Waals surface area contributed by atoms with E-state index < -0.39 is 22.6 Å². The molecule has 8 heteroatoms. The Labute approximate surface area is 249 Å². The number of anilines is 2. The van der Waals surface area contributed by atoms with Crippen LogP contribution in [-0.2, 0) is 14.4 Å². The van der Waals surface area contributed by atoms with Crippen LogP contribution < -0.4 is 9.80 Å². The lowest BCUT2D eigenvalue weighted by atomic mass is 9.78. The molecule has 3 amide bonds. The van der Waals surface area contributed by atoms with Gasteiger partial charge in [0.25, 0.3) is 5.91 Å². The molecule has 0 bridgehead atoms. The zero-order valence-corrected chi connectivity index (χ0v) is 24.0. The van der Waals surface area contributed by atoms with Crippen LogP contribution >= 0.6 is 11.8 Å². The van der Waals surface area contributed by atoms with Crippen LogP contribution in [0.15, 0.2) is 97.1 Å². The quantitative estimate of drug-likeness (QED) is 0.346. The first-order valence-electron chi connectivity index (χ1n) is 14.6. The van der Waals surface area contributed by atoms with E-state index in [1.54, 1.807) is 26.5 Å². The number of benzene rings is 3. The third-order valence-electron chi connectivity index (χ3n) is 9.08. The molecule has 0 saturated carbocycles. The van der Waals surface area contributed by atoms with Gasteiger partial charge in [0.1, 0.15) is 6.04 Å². The largest absolute Gasteiger partial charge is 0.396 e. The SMILES string of the molecule is O=C1C2N(CCCCO)C(=O)[C@@H]3[C@@H]4C(=O)N(c5ccccc5)CC=C[C@@H]4S[C@]23C=CCN1c1ccc2ccccc2c1. The maximum atomic E-state index is 14.6. The first kappa shape index (κ1) is 27.0. The van der Waals surface area contributed by atoms with Crippen molar-refractivity contribution in [3.63, 3.8) is 0 Å². The fourth-order valence-corrected chi connectivity index (χ4v) is 9.19. The maximum absolute atomic E-state index is 14.6. The Morgan fingerprint density at radius 2 is 1.52 bits per heavy atom. The van der Waals surface area contributed by atoms with Crippen LogP contribution in [0.5, 0.6) is 0 Å². The topological polar surface area (TPSA) is 81.2 Å². The molecule has 2 saturated heterocycles. The zero-order valence-electron chi connectivity index (χ0n) is 23.2. The number of nitrogens with zero attached hydrogens (tertiary/aromatic N) is 3. The van der Waals surface area contributed by atoms with Gasteiger partial charge < -0.3 is 19.8 Å². The van der Waals surface area contributed by atoms with Gasteiger partial charge >= 0.3 is 0 Å². The van der Waals surface area contributed by atoms with E-state index in [-0.39, 0.29) is 29.6 Å². The lowest BCUT2D eigenvalue weighted by Gasteiger charge is -2.35. The lowest BCUT2D eigenvalue weighted by Crippen LogP contribution is -2.53. The molecule has 0 aromatic heterocycles. The number of unbranched alkanes of at least 4 members (excludes halogenated alkanes) is 1. The highest BCUT2D eigenvalue weighted by molar-refractivity contribution is 8.02. The number of likely N-dealkylation sites (tertiary alicyclic amines) is 1. The second-order valence-electron chi connectivity index (χ2n) is 11.4. The molecule has 4 aliphatic heterocycles. The number of hydrogen-bond acceptors (Lipinski definition) is 5. The molecule has 4 aliphatic rings. The van der Waals surface area contributed by atoms with Crippen molar-refractivity contribution in [2.24, 2.45) is 11.8 Å². The van der Waals surface area contributed by atoms with Crippen molar-refractivity contribution in [1.29, 1.82) is 0 Å². The summed E-state index contributed by atoms with van der Waals surface area (Å²) in [7, 11) is 0. The number of carbonyl (C=O) groups excluding carboxylic acids is 3. The molecule has 0 radical (unpaired) electrons. The van der Waals surface area contributed by atoms with Crippen molar-refractivity contribution >= 4 is 51.6 Å². The molecule has 1 spiro atoms. The summed E-state index contributed by atoms with van der Waals surface area (Å²) in [6.07, 6.45) is 9.26. The number of aliphatic hydroxyl groups is 1. The van der Waals surface area contributed by atoms with Gasteiger partial charge in [-0.25, -0.2) is 0 Å². The lowest BCUT2D eigenvalue weighted by molar-refractivity contribution is -0.138. The van der Waals surface area contributed by atoms with Crippen molar-refractivity contribution in [1.82, 2.24) is 4.90 Å². The van der Waals surface area contributed by atoms with Crippen molar-refractivity contribution in [3.8, 4) is 0 Å². The standard InChI is InChI=1S/C34H33N3O4S/c38-21-7-6-18-37-30-33(41)36(26-16-15-23-10-4-5-11-24(23)22-26)20-9-17-34(30)29(32(37)40)28-27(42-34)14-8-19-35(31(28)39)25-12-2-1-3-13-25/h1-5,8-17,22,27-30,38H,6-7,18-21H2/t27-,28+,29-,30?,34-/m0/s1. The molecule has 2 fully saturated rings. The first-order chi connectivity index (χ1) is 20.5. The summed E-state index contributed by atoms with van der Waals surface area (Å²) in [5.74, 6) is -1.60. The second-order valence-corrected chi connectivity index (χ2v) is 12.9. The smallest absolute Gasteiger partial charge is 0.251 e. The van der Waals surface area contributed by atoms with Crippen LogP contribution in [0.25, 0.3) is 10.8 Å². The summed E-state index contributed by atoms with van der Waals surface area (Å²) in [6, 6.07) is 22.9. The molecule has 5 atom stereocenters. The Kier molecular flexibility index (Phi) is 6.91. The van der Waals surface area contributed by atoms with Gasteiger partial charge in [-0.05, 0) is 47.9 Å². The molecule has 42 heavy (non-hydrogen) atoms. The summed E-state index contributed by atoms with van der Waals surface area (Å²) in [4.78, 5) is 48.6. The first-order valence-corrected chi connectivity index (χ1v) is 15.5. The molecule has 3 aromatic carbocycles. The number of rotatable bonds is 6. The Balaban J connectivity index is 1.30. The summed E-state index contributed by atoms with van der Waals surface area (Å²) in [6.45, 7) is 1.21. The van der Waals surface area contributed by atoms with Gasteiger partial charge in [-0.15, -0.1) is 11.8 Å². The summed E-state index contributed by atoms with van der Waals surface area (Å²) < 4.78 is -0.867. The Morgan fingerprint density at radius 3 is 2.33 bits per heavy atom. The van der Waals surface area contributed by atoms with E-state index in [4.69, 9.17) is 0 Å². The predicted molar refractivity (Wildman–Crippen MR) is 166 cm³/mol. The number of fused-ring (bicyclic) bond motifs is 3. The van der Waals surface area contributed by atoms with Gasteiger partial charge in [0.15, 0.2) is 0 Å². The highest BCUT2D eigenvalue weighted by Gasteiger charge is 2.71. The molecule has 7 rings (SSSR count). The highest BCUT2D eigenvalue weighted by atomic mass is 32.2. The average Bonchev–Trinajstić information content (AvgIpc) is 3.32. The normalized spacial score (nSPS) is 28.6. The number of hydrogen-bond donors (Lipinski definition) is 1. The summed E-state index contributed by atoms with van der Waals surface area (Å²) in [5, 5.41) is 11.4. The van der Waals surface area contributed by atoms with E-state index in [0.29, 0.717) is 32.5 Å². The van der Waals surface area contributed by atoms with Gasteiger partial charge in [-0.1, -0.05) is 72.8 Å². The number of aliphatic hydroxyl groups excluding tert-OH is 1. The number of thioether (sulfide) groups is 1. The van der Waals surface area contributed by atoms with E-state index in [1.165, 1.54) is 0 Å². The maximum Gasteiger partial charge on any atom is 0.251 e. The minimum Gasteiger partial charge on any atom is -0.396 e. The second kappa shape index (κ2) is 10.7. The Bertz CT molecular complexity index is 1610. The summed E-state index contributed by atoms with van der Waals surface area (Å²) in [5.41, 5.74) is 1.59. The Hall–Kier alpha value is -3.88. The fourth-order valence-electron chi connectivity index (χ4n) is 7.19. The van der Waals surface area contributed by atoms with Gasteiger partial charge in [0.2, 0.25) is 11.8 Å². The molecular weight excluding hydrogens is 546 g/mol. The van der Waals surface area contributed by atoms with Crippen molar-refractivity contribution < 1.29 is 19.5 Å². The molecule has 4 heterocycles. The molecule has 214 valence electrons. The van der Waals surface area contributed by atoms with Crippen LogP contribution in [0, 0.1) is 11.8 Å². The number of para-hydroxylation sites is 1. The number of carbonyl (C=O) groups is 3. The van der Waals surface area contributed by atoms with Crippen molar-refractivity contribution in [2.45, 2.75) is 28.9 Å². The van der Waals surface area contributed by atoms with Gasteiger partial charge in [0.05, 0.1) is 16.6 Å². The molecule has 0 aliphatic carbocycles. The third kappa shape index (κ3) is 4.19. The zero-order chi connectivity index (χ0) is 28.8. The van der Waals surface area contributed by atoms with E-state index in [2.05, 4.69) is 12.2 Å². The van der Waals surface area contributed by atoms with E-state index in [0.717, 1.165) is 22.1 Å². The predicted octanol–water partition coefficient (Wildman–Crippen LogP) is 4.42. The number of amides is 3. The molecule has 1 N–H and O–H groups in total. The minimum absolute atomic E-state index is 0.0209. The van der Waals surface area contributed by atoms with Crippen molar-refractivity contribution in [3.05, 3.63) is 97.1 Å². The van der Waals surface area contributed by atoms with Crippen LogP contribution in [0.3, 0.4) is 0 Å². The van der Waals surface area contributed by atoms with E-state index in [1.807, 2.05) is 84.9 Å². The minimum atomic E-state index is -0.867. The van der Waals surface area contributed by atoms with Crippen molar-refractivity contribution in [2.75, 3.05) is 36.0 Å². The molecule has 1 unspecified atom stereocenters. The molecule has 3 aromatic rings. The van der Waals surface area contributed by atoms with Gasteiger partial charge in [-0.3, -0.25) is 14.4 Å². The fraction of sp³-hybridized carbons (Fsp3) is 0.324. The Morgan fingerprint density at radius 1 is 0.786 bits per heavy atom. The highest BCUT2D eigenvalue weighted by Crippen LogP contribution is 2.61.